The van der Waals surface area contributed by atoms with E-state index in [0.29, 0.717) is 0 Å². The molecule has 49 heavy (non-hydrogen) atoms. The summed E-state index contributed by atoms with van der Waals surface area (Å²) in [4.78, 5) is 2.43. The van der Waals surface area contributed by atoms with Crippen molar-refractivity contribution in [1.82, 2.24) is 4.57 Å². The molecule has 10 aromatic rings. The first-order valence-electron chi connectivity index (χ1n) is 16.7. The second-order valence-corrected chi connectivity index (χ2v) is 13.6. The minimum absolute atomic E-state index is 1.13. The van der Waals surface area contributed by atoms with Crippen molar-refractivity contribution < 1.29 is 0 Å². The van der Waals surface area contributed by atoms with Gasteiger partial charge in [0.05, 0.1) is 16.7 Å². The van der Waals surface area contributed by atoms with Gasteiger partial charge in [-0.2, -0.15) is 0 Å². The van der Waals surface area contributed by atoms with Crippen LogP contribution in [0.1, 0.15) is 0 Å². The van der Waals surface area contributed by atoms with Gasteiger partial charge in [-0.1, -0.05) is 115 Å². The molecular formula is C46H30N2S. The lowest BCUT2D eigenvalue weighted by molar-refractivity contribution is 1.18. The lowest BCUT2D eigenvalue weighted by atomic mass is 9.98. The molecule has 0 aliphatic rings. The normalized spacial score (nSPS) is 11.7. The molecule has 0 saturated carbocycles. The molecule has 0 aliphatic heterocycles. The third-order valence-corrected chi connectivity index (χ3v) is 10.9. The van der Waals surface area contributed by atoms with Crippen LogP contribution in [0.25, 0.3) is 69.6 Å². The van der Waals surface area contributed by atoms with E-state index in [1.807, 2.05) is 11.3 Å². The molecular weight excluding hydrogens is 613 g/mol. The topological polar surface area (TPSA) is 8.17 Å². The lowest BCUT2D eigenvalue weighted by Crippen LogP contribution is -2.10. The van der Waals surface area contributed by atoms with Crippen LogP contribution in [0.2, 0.25) is 0 Å². The van der Waals surface area contributed by atoms with E-state index < -0.39 is 0 Å². The number of para-hydroxylation sites is 2. The van der Waals surface area contributed by atoms with Crippen molar-refractivity contribution in [1.29, 1.82) is 0 Å². The third-order valence-electron chi connectivity index (χ3n) is 9.78. The van der Waals surface area contributed by atoms with E-state index in [1.54, 1.807) is 0 Å². The monoisotopic (exact) mass is 642 g/mol. The molecule has 0 fully saturated rings. The molecule has 8 aromatic carbocycles. The molecule has 2 nitrogen and oxygen atoms in total. The minimum atomic E-state index is 1.13. The van der Waals surface area contributed by atoms with Crippen LogP contribution in [0.15, 0.2) is 182 Å². The zero-order valence-corrected chi connectivity index (χ0v) is 27.4. The molecule has 2 aromatic heterocycles. The van der Waals surface area contributed by atoms with E-state index in [2.05, 4.69) is 191 Å². The maximum Gasteiger partial charge on any atom is 0.0562 e. The molecule has 230 valence electrons. The van der Waals surface area contributed by atoms with Gasteiger partial charge in [-0.25, -0.2) is 0 Å². The number of hydrogen-bond donors (Lipinski definition) is 0. The van der Waals surface area contributed by atoms with Crippen molar-refractivity contribution in [2.75, 3.05) is 4.90 Å². The van der Waals surface area contributed by atoms with Crippen LogP contribution in [0.4, 0.5) is 17.1 Å². The van der Waals surface area contributed by atoms with Crippen LogP contribution in [-0.4, -0.2) is 4.57 Å². The Bertz CT molecular complexity index is 2820. The number of thiophene rings is 1. The Morgan fingerprint density at radius 1 is 0.429 bits per heavy atom. The Morgan fingerprint density at radius 2 is 1.10 bits per heavy atom. The molecule has 2 heterocycles. The number of benzene rings is 8. The summed E-state index contributed by atoms with van der Waals surface area (Å²) in [6.07, 6.45) is 0. The molecule has 0 unspecified atom stereocenters. The van der Waals surface area contributed by atoms with Crippen LogP contribution in [0.5, 0.6) is 0 Å². The maximum atomic E-state index is 2.43. The van der Waals surface area contributed by atoms with Gasteiger partial charge in [0.1, 0.15) is 0 Å². The number of aromatic nitrogens is 1. The van der Waals surface area contributed by atoms with Crippen LogP contribution in [0.3, 0.4) is 0 Å². The van der Waals surface area contributed by atoms with Crippen LogP contribution < -0.4 is 4.90 Å². The van der Waals surface area contributed by atoms with Crippen LogP contribution in [0, 0.1) is 0 Å². The molecule has 10 rings (SSSR count). The Labute approximate surface area is 288 Å². The van der Waals surface area contributed by atoms with Crippen molar-refractivity contribution in [3.8, 4) is 16.8 Å². The molecule has 3 heteroatoms. The summed E-state index contributed by atoms with van der Waals surface area (Å²) < 4.78 is 5.04. The fourth-order valence-electron chi connectivity index (χ4n) is 7.59. The van der Waals surface area contributed by atoms with Gasteiger partial charge in [-0.3, -0.25) is 0 Å². The van der Waals surface area contributed by atoms with Gasteiger partial charge in [-0.15, -0.1) is 11.3 Å². The van der Waals surface area contributed by atoms with Gasteiger partial charge in [0.2, 0.25) is 0 Å². The predicted octanol–water partition coefficient (Wildman–Crippen LogP) is 13.4. The van der Waals surface area contributed by atoms with E-state index >= 15 is 0 Å². The Balaban J connectivity index is 1.18. The number of hydrogen-bond acceptors (Lipinski definition) is 2. The van der Waals surface area contributed by atoms with Gasteiger partial charge < -0.3 is 9.47 Å². The van der Waals surface area contributed by atoms with Crippen LogP contribution in [-0.2, 0) is 0 Å². The summed E-state index contributed by atoms with van der Waals surface area (Å²) in [6.45, 7) is 0. The smallest absolute Gasteiger partial charge is 0.0562 e. The predicted molar refractivity (Wildman–Crippen MR) is 211 cm³/mol. The van der Waals surface area contributed by atoms with E-state index in [4.69, 9.17) is 0 Å². The van der Waals surface area contributed by atoms with Gasteiger partial charge >= 0.3 is 0 Å². The number of rotatable bonds is 5. The number of fused-ring (bicyclic) bond motifs is 7. The first-order chi connectivity index (χ1) is 24.3. The SMILES string of the molecule is c1ccc(N(c2ccc3sc4ccccc4c3c2)c2cccc3c2c2ccccc2n3-c2ccc(-c3cccc4ccccc34)cc2)cc1. The number of anilines is 3. The van der Waals surface area contributed by atoms with E-state index in [-0.39, 0.29) is 0 Å². The third kappa shape index (κ3) is 4.47. The summed E-state index contributed by atoms with van der Waals surface area (Å²) in [5.74, 6) is 0. The first-order valence-corrected chi connectivity index (χ1v) is 17.5. The molecule has 0 aliphatic carbocycles. The lowest BCUT2D eigenvalue weighted by Gasteiger charge is -2.26. The fraction of sp³-hybridized carbons (Fsp3) is 0. The van der Waals surface area contributed by atoms with E-state index in [0.717, 1.165) is 22.7 Å². The first kappa shape index (κ1) is 27.9. The molecule has 0 atom stereocenters. The quantitative estimate of drug-likeness (QED) is 0.181. The standard InChI is InChI=1S/C46H30N2S/c1-2-14-33(15-3-1)47(35-28-29-45-40(30-35)38-17-7-9-23-44(38)49-45)42-21-11-22-43-46(42)39-18-6-8-20-41(39)48(43)34-26-24-32(25-27-34)37-19-10-13-31-12-4-5-16-36(31)37/h1-30H. The fourth-order valence-corrected chi connectivity index (χ4v) is 8.68. The minimum Gasteiger partial charge on any atom is -0.310 e. The van der Waals surface area contributed by atoms with Gasteiger partial charge in [0.15, 0.2) is 0 Å². The zero-order chi connectivity index (χ0) is 32.3. The Kier molecular flexibility index (Phi) is 6.39. The molecule has 0 radical (unpaired) electrons. The highest BCUT2D eigenvalue weighted by Gasteiger charge is 2.21. The van der Waals surface area contributed by atoms with Crippen molar-refractivity contribution in [3.05, 3.63) is 182 Å². The molecule has 0 amide bonds. The van der Waals surface area contributed by atoms with Crippen molar-refractivity contribution in [2.24, 2.45) is 0 Å². The second kappa shape index (κ2) is 11.2. The van der Waals surface area contributed by atoms with Crippen molar-refractivity contribution in [3.63, 3.8) is 0 Å². The molecule has 0 spiro atoms. The molecule has 0 N–H and O–H groups in total. The average molecular weight is 643 g/mol. The maximum absolute atomic E-state index is 2.43. The van der Waals surface area contributed by atoms with E-state index in [9.17, 15) is 0 Å². The highest BCUT2D eigenvalue weighted by Crippen LogP contribution is 2.45. The average Bonchev–Trinajstić information content (AvgIpc) is 3.71. The summed E-state index contributed by atoms with van der Waals surface area (Å²) in [5, 5.41) is 7.59. The molecule has 0 bridgehead atoms. The van der Waals surface area contributed by atoms with Gasteiger partial charge in [-0.05, 0) is 88.6 Å². The summed E-state index contributed by atoms with van der Waals surface area (Å²) in [5.41, 5.74) is 9.41. The summed E-state index contributed by atoms with van der Waals surface area (Å²) >= 11 is 1.86. The van der Waals surface area contributed by atoms with Crippen molar-refractivity contribution >= 4 is 81.1 Å². The largest absolute Gasteiger partial charge is 0.310 e. The summed E-state index contributed by atoms with van der Waals surface area (Å²) in [7, 11) is 0. The van der Waals surface area contributed by atoms with Crippen molar-refractivity contribution in [2.45, 2.75) is 0 Å². The molecule has 0 saturated heterocycles. The van der Waals surface area contributed by atoms with E-state index in [1.165, 1.54) is 63.9 Å². The Morgan fingerprint density at radius 3 is 1.98 bits per heavy atom. The number of nitrogens with zero attached hydrogens (tertiary/aromatic N) is 2. The highest BCUT2D eigenvalue weighted by atomic mass is 32.1. The Hall–Kier alpha value is -6.16. The second-order valence-electron chi connectivity index (χ2n) is 12.5. The zero-order valence-electron chi connectivity index (χ0n) is 26.6. The van der Waals surface area contributed by atoms with Gasteiger partial charge in [0, 0.05) is 48.0 Å². The summed E-state index contributed by atoms with van der Waals surface area (Å²) in [6, 6.07) is 66.2. The highest BCUT2D eigenvalue weighted by molar-refractivity contribution is 7.25. The van der Waals surface area contributed by atoms with Crippen LogP contribution >= 0.6 is 11.3 Å². The van der Waals surface area contributed by atoms with Gasteiger partial charge in [0.25, 0.3) is 0 Å².